The van der Waals surface area contributed by atoms with Crippen LogP contribution >= 0.6 is 0 Å². The Hall–Kier alpha value is -2.06. The lowest BCUT2D eigenvalue weighted by Gasteiger charge is -2.36. The van der Waals surface area contributed by atoms with Gasteiger partial charge in [0.05, 0.1) is 19.3 Å². The Balaban J connectivity index is 1.94. The Bertz CT molecular complexity index is 762. The molecule has 0 spiro atoms. The highest BCUT2D eigenvalue weighted by molar-refractivity contribution is 6.76. The quantitative estimate of drug-likeness (QED) is 0.331. The molecule has 2 rings (SSSR count). The molecule has 7 nitrogen and oxygen atoms in total. The fraction of sp³-hybridized carbons (Fsp3) is 0.652. The van der Waals surface area contributed by atoms with E-state index in [1.165, 1.54) is 7.11 Å². The first-order valence-corrected chi connectivity index (χ1v) is 14.5. The molecule has 1 saturated carbocycles. The topological polar surface area (TPSA) is 83.1 Å². The number of methoxy groups -OCH3 is 1. The second kappa shape index (κ2) is 10.5. The van der Waals surface area contributed by atoms with Gasteiger partial charge in [-0.1, -0.05) is 19.6 Å². The fourth-order valence-electron chi connectivity index (χ4n) is 3.05. The molecule has 1 aromatic rings. The number of esters is 1. The van der Waals surface area contributed by atoms with Crippen molar-refractivity contribution in [2.45, 2.75) is 83.7 Å². The van der Waals surface area contributed by atoms with Crippen molar-refractivity contribution in [3.8, 4) is 5.75 Å². The van der Waals surface area contributed by atoms with Crippen molar-refractivity contribution in [2.24, 2.45) is 0 Å². The molecule has 1 aliphatic rings. The van der Waals surface area contributed by atoms with Crippen LogP contribution in [0.4, 0.5) is 4.79 Å². The molecule has 0 aromatic heterocycles. The molecule has 1 aromatic carbocycles. The Labute approximate surface area is 186 Å². The Kier molecular flexibility index (Phi) is 8.54. The van der Waals surface area contributed by atoms with Gasteiger partial charge in [0, 0.05) is 39.1 Å². The maximum absolute atomic E-state index is 11.9. The van der Waals surface area contributed by atoms with Gasteiger partial charge in [0.15, 0.2) is 0 Å². The summed E-state index contributed by atoms with van der Waals surface area (Å²) in [7, 11) is 0.186. The zero-order chi connectivity index (χ0) is 23.2. The number of amides is 1. The van der Waals surface area contributed by atoms with Gasteiger partial charge in [-0.3, -0.25) is 0 Å². The molecule has 0 heterocycles. The van der Waals surface area contributed by atoms with Gasteiger partial charge in [-0.05, 0) is 45.0 Å². The smallest absolute Gasteiger partial charge is 0.407 e. The van der Waals surface area contributed by atoms with Crippen LogP contribution in [0.25, 0.3) is 0 Å². The van der Waals surface area contributed by atoms with Crippen molar-refractivity contribution in [1.82, 2.24) is 5.32 Å². The summed E-state index contributed by atoms with van der Waals surface area (Å²) in [6.45, 7) is 13.5. The van der Waals surface area contributed by atoms with Crippen LogP contribution in [0.15, 0.2) is 18.2 Å². The minimum absolute atomic E-state index is 0.00959. The predicted molar refractivity (Wildman–Crippen MR) is 122 cm³/mol. The molecule has 0 atom stereocenters. The zero-order valence-electron chi connectivity index (χ0n) is 19.9. The molecule has 0 bridgehead atoms. The van der Waals surface area contributed by atoms with E-state index in [-0.39, 0.29) is 18.1 Å². The maximum atomic E-state index is 11.9. The number of benzene rings is 1. The SMILES string of the molecule is COC(=O)c1ccc(OC2CC(NC(=O)OC(C)(C)C)C2)c(COCC[Si](C)(C)C)c1. The average molecular weight is 452 g/mol. The molecule has 0 saturated heterocycles. The van der Waals surface area contributed by atoms with Gasteiger partial charge in [0.1, 0.15) is 17.5 Å². The molecule has 0 unspecified atom stereocenters. The molecule has 0 aliphatic heterocycles. The van der Waals surface area contributed by atoms with Crippen molar-refractivity contribution in [3.63, 3.8) is 0 Å². The monoisotopic (exact) mass is 451 g/mol. The molecule has 1 fully saturated rings. The second-order valence-corrected chi connectivity index (χ2v) is 15.9. The van der Waals surface area contributed by atoms with Gasteiger partial charge in [-0.25, -0.2) is 9.59 Å². The molecule has 174 valence electrons. The normalized spacial score (nSPS) is 18.7. The number of rotatable bonds is 9. The molecule has 1 aliphatic carbocycles. The summed E-state index contributed by atoms with van der Waals surface area (Å²) in [4.78, 5) is 23.8. The molecular formula is C23H37NO6Si. The molecule has 1 amide bonds. The van der Waals surface area contributed by atoms with E-state index in [9.17, 15) is 9.59 Å². The van der Waals surface area contributed by atoms with Crippen LogP contribution in [-0.2, 0) is 20.8 Å². The Morgan fingerprint density at radius 2 is 1.84 bits per heavy atom. The van der Waals surface area contributed by atoms with E-state index in [0.29, 0.717) is 37.4 Å². The van der Waals surface area contributed by atoms with Crippen LogP contribution < -0.4 is 10.1 Å². The van der Waals surface area contributed by atoms with Crippen LogP contribution in [-0.4, -0.2) is 51.6 Å². The van der Waals surface area contributed by atoms with E-state index < -0.39 is 19.8 Å². The lowest BCUT2D eigenvalue weighted by Crippen LogP contribution is -2.50. The zero-order valence-corrected chi connectivity index (χ0v) is 20.9. The third-order valence-corrected chi connectivity index (χ3v) is 6.55. The standard InChI is InChI=1S/C23H37NO6Si/c1-23(2,3)30-22(26)24-18-13-19(14-18)29-20-9-8-16(21(25)27-4)12-17(20)15-28-10-11-31(5,6)7/h8-9,12,18-19H,10-11,13-15H2,1-7H3,(H,24,26). The maximum Gasteiger partial charge on any atom is 0.407 e. The minimum Gasteiger partial charge on any atom is -0.490 e. The summed E-state index contributed by atoms with van der Waals surface area (Å²) < 4.78 is 22.2. The molecular weight excluding hydrogens is 414 g/mol. The third-order valence-electron chi connectivity index (χ3n) is 4.84. The molecule has 8 heteroatoms. The van der Waals surface area contributed by atoms with Crippen molar-refractivity contribution >= 4 is 20.1 Å². The lowest BCUT2D eigenvalue weighted by atomic mass is 9.89. The van der Waals surface area contributed by atoms with E-state index in [1.54, 1.807) is 18.2 Å². The highest BCUT2D eigenvalue weighted by atomic mass is 28.3. The summed E-state index contributed by atoms with van der Waals surface area (Å²) in [5, 5.41) is 2.87. The summed E-state index contributed by atoms with van der Waals surface area (Å²) in [6.07, 6.45) is 0.987. The largest absolute Gasteiger partial charge is 0.490 e. The summed E-state index contributed by atoms with van der Waals surface area (Å²) in [6, 6.07) is 6.36. The first-order chi connectivity index (χ1) is 14.4. The van der Waals surface area contributed by atoms with E-state index in [4.69, 9.17) is 18.9 Å². The van der Waals surface area contributed by atoms with Gasteiger partial charge < -0.3 is 24.3 Å². The predicted octanol–water partition coefficient (Wildman–Crippen LogP) is 4.76. The molecule has 31 heavy (non-hydrogen) atoms. The van der Waals surface area contributed by atoms with E-state index in [2.05, 4.69) is 25.0 Å². The van der Waals surface area contributed by atoms with E-state index in [0.717, 1.165) is 11.6 Å². The van der Waals surface area contributed by atoms with E-state index >= 15 is 0 Å². The number of carbonyl (C=O) groups excluding carboxylic acids is 2. The number of ether oxygens (including phenoxy) is 4. The van der Waals surface area contributed by atoms with Crippen LogP contribution in [0.3, 0.4) is 0 Å². The summed E-state index contributed by atoms with van der Waals surface area (Å²) in [5.74, 6) is 0.307. The number of nitrogens with one attached hydrogen (secondary N) is 1. The fourth-order valence-corrected chi connectivity index (χ4v) is 3.80. The van der Waals surface area contributed by atoms with Crippen LogP contribution in [0, 0.1) is 0 Å². The first kappa shape index (κ1) is 25.2. The van der Waals surface area contributed by atoms with Crippen molar-refractivity contribution in [3.05, 3.63) is 29.3 Å². The van der Waals surface area contributed by atoms with Gasteiger partial charge >= 0.3 is 12.1 Å². The lowest BCUT2D eigenvalue weighted by molar-refractivity contribution is 0.0356. The number of alkyl carbamates (subject to hydrolysis) is 1. The third kappa shape index (κ3) is 8.91. The summed E-state index contributed by atoms with van der Waals surface area (Å²) in [5.41, 5.74) is 0.772. The summed E-state index contributed by atoms with van der Waals surface area (Å²) >= 11 is 0. The highest BCUT2D eigenvalue weighted by Crippen LogP contribution is 2.30. The minimum atomic E-state index is -1.18. The van der Waals surface area contributed by atoms with Crippen molar-refractivity contribution < 1.29 is 28.5 Å². The van der Waals surface area contributed by atoms with Gasteiger partial charge in [-0.2, -0.15) is 0 Å². The van der Waals surface area contributed by atoms with E-state index in [1.807, 2.05) is 20.8 Å². The van der Waals surface area contributed by atoms with Gasteiger partial charge in [0.25, 0.3) is 0 Å². The van der Waals surface area contributed by atoms with Gasteiger partial charge in [0.2, 0.25) is 0 Å². The highest BCUT2D eigenvalue weighted by Gasteiger charge is 2.33. The average Bonchev–Trinajstić information content (AvgIpc) is 2.61. The number of hydrogen-bond acceptors (Lipinski definition) is 6. The van der Waals surface area contributed by atoms with Crippen LogP contribution in [0.5, 0.6) is 5.75 Å². The van der Waals surface area contributed by atoms with Crippen molar-refractivity contribution in [1.29, 1.82) is 0 Å². The van der Waals surface area contributed by atoms with Crippen LogP contribution in [0.2, 0.25) is 25.7 Å². The Morgan fingerprint density at radius 3 is 2.42 bits per heavy atom. The number of carbonyl (C=O) groups is 2. The Morgan fingerprint density at radius 1 is 1.16 bits per heavy atom. The first-order valence-electron chi connectivity index (χ1n) is 10.8. The number of hydrogen-bond donors (Lipinski definition) is 1. The molecule has 1 N–H and O–H groups in total. The van der Waals surface area contributed by atoms with Crippen LogP contribution in [0.1, 0.15) is 49.5 Å². The second-order valence-electron chi connectivity index (χ2n) is 10.2. The van der Waals surface area contributed by atoms with Crippen molar-refractivity contribution in [2.75, 3.05) is 13.7 Å². The molecule has 0 radical (unpaired) electrons. The van der Waals surface area contributed by atoms with Gasteiger partial charge in [-0.15, -0.1) is 0 Å².